The number of hydrogen-bond donors (Lipinski definition) is 1. The van der Waals surface area contributed by atoms with E-state index in [1.807, 2.05) is 6.07 Å². The number of likely N-dealkylation sites (tertiary alicyclic amines) is 1. The molecule has 7 heteroatoms. The highest BCUT2D eigenvalue weighted by Gasteiger charge is 2.45. The van der Waals surface area contributed by atoms with Gasteiger partial charge in [0.15, 0.2) is 0 Å². The van der Waals surface area contributed by atoms with E-state index in [1.54, 1.807) is 56.7 Å². The molecule has 0 saturated carbocycles. The SMILES string of the molecule is COCCCN1C(=O)C(=O)/C(=C(\O)c2ccc(OCC(C)C)cc2)C1c1cccc(OC)c1. The van der Waals surface area contributed by atoms with Crippen LogP contribution in [0.5, 0.6) is 11.5 Å². The van der Waals surface area contributed by atoms with E-state index < -0.39 is 17.7 Å². The van der Waals surface area contributed by atoms with Crippen molar-refractivity contribution in [3.63, 3.8) is 0 Å². The number of hydrogen-bond acceptors (Lipinski definition) is 6. The number of Topliss-reactive ketones (excluding diaryl/α,β-unsaturated/α-hetero) is 1. The zero-order valence-electron chi connectivity index (χ0n) is 19.5. The van der Waals surface area contributed by atoms with Crippen molar-refractivity contribution in [2.45, 2.75) is 26.3 Å². The fourth-order valence-electron chi connectivity index (χ4n) is 3.78. The fourth-order valence-corrected chi connectivity index (χ4v) is 3.78. The summed E-state index contributed by atoms with van der Waals surface area (Å²) >= 11 is 0. The lowest BCUT2D eigenvalue weighted by Crippen LogP contribution is -2.31. The maximum absolute atomic E-state index is 13.0. The van der Waals surface area contributed by atoms with Gasteiger partial charge in [0.2, 0.25) is 0 Å². The van der Waals surface area contributed by atoms with Crippen LogP contribution in [-0.4, -0.2) is 55.7 Å². The Morgan fingerprint density at radius 1 is 1.06 bits per heavy atom. The molecule has 0 radical (unpaired) electrons. The molecule has 1 aliphatic rings. The topological polar surface area (TPSA) is 85.3 Å². The Balaban J connectivity index is 2.02. The molecule has 1 heterocycles. The number of rotatable bonds is 10. The van der Waals surface area contributed by atoms with Crippen LogP contribution in [0.1, 0.15) is 37.4 Å². The molecule has 0 aromatic heterocycles. The number of amides is 1. The van der Waals surface area contributed by atoms with Crippen molar-refractivity contribution in [2.75, 3.05) is 34.0 Å². The van der Waals surface area contributed by atoms with Gasteiger partial charge in [0.1, 0.15) is 17.3 Å². The lowest BCUT2D eigenvalue weighted by molar-refractivity contribution is -0.140. The normalized spacial score (nSPS) is 17.6. The highest BCUT2D eigenvalue weighted by Crippen LogP contribution is 2.40. The second kappa shape index (κ2) is 11.0. The molecule has 33 heavy (non-hydrogen) atoms. The maximum atomic E-state index is 13.0. The quantitative estimate of drug-likeness (QED) is 0.251. The Morgan fingerprint density at radius 2 is 1.79 bits per heavy atom. The molecule has 1 fully saturated rings. The van der Waals surface area contributed by atoms with E-state index in [9.17, 15) is 14.7 Å². The van der Waals surface area contributed by atoms with Crippen molar-refractivity contribution in [1.82, 2.24) is 4.90 Å². The molecule has 1 unspecified atom stereocenters. The second-order valence-electron chi connectivity index (χ2n) is 8.34. The molecular formula is C26H31NO6. The number of aliphatic hydroxyl groups excluding tert-OH is 1. The Hall–Kier alpha value is -3.32. The minimum absolute atomic E-state index is 0.0570. The van der Waals surface area contributed by atoms with E-state index in [0.29, 0.717) is 54.7 Å². The third kappa shape index (κ3) is 5.54. The number of ether oxygens (including phenoxy) is 3. The first-order valence-electron chi connectivity index (χ1n) is 11.0. The summed E-state index contributed by atoms with van der Waals surface area (Å²) < 4.78 is 16.1. The summed E-state index contributed by atoms with van der Waals surface area (Å²) in [5.41, 5.74) is 1.18. The van der Waals surface area contributed by atoms with Crippen LogP contribution in [0.25, 0.3) is 5.76 Å². The van der Waals surface area contributed by atoms with E-state index in [0.717, 1.165) is 0 Å². The average molecular weight is 454 g/mol. The van der Waals surface area contributed by atoms with E-state index in [1.165, 1.54) is 4.90 Å². The van der Waals surface area contributed by atoms with Crippen LogP contribution in [0, 0.1) is 5.92 Å². The summed E-state index contributed by atoms with van der Waals surface area (Å²) in [6.45, 7) is 5.47. The Labute approximate surface area is 194 Å². The van der Waals surface area contributed by atoms with Crippen LogP contribution in [0.15, 0.2) is 54.1 Å². The van der Waals surface area contributed by atoms with Gasteiger partial charge < -0.3 is 24.2 Å². The Kier molecular flexibility index (Phi) is 8.11. The van der Waals surface area contributed by atoms with Gasteiger partial charge in [-0.2, -0.15) is 0 Å². The highest BCUT2D eigenvalue weighted by molar-refractivity contribution is 6.46. The van der Waals surface area contributed by atoms with Crippen LogP contribution >= 0.6 is 0 Å². The van der Waals surface area contributed by atoms with Gasteiger partial charge in [-0.25, -0.2) is 0 Å². The van der Waals surface area contributed by atoms with Crippen molar-refractivity contribution in [3.8, 4) is 11.5 Å². The summed E-state index contributed by atoms with van der Waals surface area (Å²) in [5, 5.41) is 11.1. The molecule has 1 atom stereocenters. The maximum Gasteiger partial charge on any atom is 0.295 e. The Bertz CT molecular complexity index is 1010. The van der Waals surface area contributed by atoms with Crippen molar-refractivity contribution < 1.29 is 28.9 Å². The number of carbonyl (C=O) groups is 2. The number of aliphatic hydroxyl groups is 1. The molecule has 0 spiro atoms. The second-order valence-corrected chi connectivity index (χ2v) is 8.34. The van der Waals surface area contributed by atoms with Crippen LogP contribution in [0.3, 0.4) is 0 Å². The number of ketones is 1. The van der Waals surface area contributed by atoms with Gasteiger partial charge in [-0.3, -0.25) is 9.59 Å². The molecule has 1 N–H and O–H groups in total. The summed E-state index contributed by atoms with van der Waals surface area (Å²) in [6.07, 6.45) is 0.561. The van der Waals surface area contributed by atoms with E-state index in [2.05, 4.69) is 13.8 Å². The van der Waals surface area contributed by atoms with Crippen molar-refractivity contribution in [2.24, 2.45) is 5.92 Å². The first-order valence-corrected chi connectivity index (χ1v) is 11.0. The first kappa shape index (κ1) is 24.3. The van der Waals surface area contributed by atoms with Crippen LogP contribution in [-0.2, 0) is 14.3 Å². The predicted octanol–water partition coefficient (Wildman–Crippen LogP) is 4.19. The smallest absolute Gasteiger partial charge is 0.295 e. The fraction of sp³-hybridized carbons (Fsp3) is 0.385. The van der Waals surface area contributed by atoms with Gasteiger partial charge in [-0.05, 0) is 54.3 Å². The third-order valence-corrected chi connectivity index (χ3v) is 5.41. The van der Waals surface area contributed by atoms with Gasteiger partial charge in [0.05, 0.1) is 25.3 Å². The lowest BCUT2D eigenvalue weighted by atomic mass is 9.95. The molecule has 2 aromatic carbocycles. The number of benzene rings is 2. The minimum Gasteiger partial charge on any atom is -0.507 e. The zero-order valence-corrected chi connectivity index (χ0v) is 19.5. The van der Waals surface area contributed by atoms with Crippen molar-refractivity contribution >= 4 is 17.4 Å². The monoisotopic (exact) mass is 453 g/mol. The van der Waals surface area contributed by atoms with Gasteiger partial charge in [-0.15, -0.1) is 0 Å². The largest absolute Gasteiger partial charge is 0.507 e. The predicted molar refractivity (Wildman–Crippen MR) is 125 cm³/mol. The van der Waals surface area contributed by atoms with Gasteiger partial charge in [-0.1, -0.05) is 26.0 Å². The molecule has 3 rings (SSSR count). The number of nitrogens with zero attached hydrogens (tertiary/aromatic N) is 1. The highest BCUT2D eigenvalue weighted by atomic mass is 16.5. The van der Waals surface area contributed by atoms with Gasteiger partial charge >= 0.3 is 0 Å². The van der Waals surface area contributed by atoms with E-state index in [-0.39, 0.29) is 11.3 Å². The van der Waals surface area contributed by atoms with E-state index in [4.69, 9.17) is 14.2 Å². The molecular weight excluding hydrogens is 422 g/mol. The molecule has 1 amide bonds. The van der Waals surface area contributed by atoms with Crippen LogP contribution < -0.4 is 9.47 Å². The van der Waals surface area contributed by atoms with Gasteiger partial charge in [0.25, 0.3) is 11.7 Å². The lowest BCUT2D eigenvalue weighted by Gasteiger charge is -2.25. The van der Waals surface area contributed by atoms with Gasteiger partial charge in [0, 0.05) is 25.8 Å². The zero-order chi connectivity index (χ0) is 24.0. The summed E-state index contributed by atoms with van der Waals surface area (Å²) in [6, 6.07) is 13.3. The van der Waals surface area contributed by atoms with Crippen molar-refractivity contribution in [1.29, 1.82) is 0 Å². The van der Waals surface area contributed by atoms with Crippen LogP contribution in [0.2, 0.25) is 0 Å². The molecule has 0 bridgehead atoms. The molecule has 0 aliphatic carbocycles. The molecule has 176 valence electrons. The third-order valence-electron chi connectivity index (χ3n) is 5.41. The number of carbonyl (C=O) groups excluding carboxylic acids is 2. The molecule has 1 saturated heterocycles. The van der Waals surface area contributed by atoms with Crippen molar-refractivity contribution in [3.05, 3.63) is 65.2 Å². The summed E-state index contributed by atoms with van der Waals surface area (Å²) in [4.78, 5) is 27.5. The first-order chi connectivity index (χ1) is 15.9. The molecule has 2 aromatic rings. The Morgan fingerprint density at radius 3 is 2.42 bits per heavy atom. The summed E-state index contributed by atoms with van der Waals surface area (Å²) in [5.74, 6) is 0.0855. The summed E-state index contributed by atoms with van der Waals surface area (Å²) in [7, 11) is 3.14. The molecule has 1 aliphatic heterocycles. The van der Waals surface area contributed by atoms with E-state index >= 15 is 0 Å². The van der Waals surface area contributed by atoms with Crippen LogP contribution in [0.4, 0.5) is 0 Å². The standard InChI is InChI=1S/C26H31NO6/c1-17(2)16-33-20-11-9-18(10-12-20)24(28)22-23(19-7-5-8-21(15-19)32-4)27(13-6-14-31-3)26(30)25(22)29/h5,7-12,15,17,23,28H,6,13-14,16H2,1-4H3/b24-22-. The minimum atomic E-state index is -0.728. The molecule has 7 nitrogen and oxygen atoms in total. The number of methoxy groups -OCH3 is 2. The average Bonchev–Trinajstić information content (AvgIpc) is 3.08.